The lowest BCUT2D eigenvalue weighted by atomic mass is 10.0. The van der Waals surface area contributed by atoms with Crippen LogP contribution in [0, 0.1) is 6.92 Å². The molecule has 7 heteroatoms. The Labute approximate surface area is 164 Å². The Kier molecular flexibility index (Phi) is 5.38. The number of carboxylic acids is 1. The van der Waals surface area contributed by atoms with Gasteiger partial charge in [0, 0.05) is 17.0 Å². The van der Waals surface area contributed by atoms with Crippen LogP contribution in [0.5, 0.6) is 0 Å². The summed E-state index contributed by atoms with van der Waals surface area (Å²) in [5.74, 6) is -0.551. The molecular weight excluding hydrogens is 382 g/mol. The van der Waals surface area contributed by atoms with Gasteiger partial charge in [-0.3, -0.25) is 4.79 Å². The van der Waals surface area contributed by atoms with E-state index in [2.05, 4.69) is 0 Å². The number of sulfonamides is 1. The van der Waals surface area contributed by atoms with Gasteiger partial charge >= 0.3 is 5.97 Å². The van der Waals surface area contributed by atoms with E-state index in [-0.39, 0.29) is 11.4 Å². The van der Waals surface area contributed by atoms with E-state index in [0.29, 0.717) is 5.75 Å². The molecule has 1 unspecified atom stereocenters. The lowest BCUT2D eigenvalue weighted by Crippen LogP contribution is -2.58. The van der Waals surface area contributed by atoms with E-state index < -0.39 is 26.8 Å². The smallest absolute Gasteiger partial charge is 0.323 e. The van der Waals surface area contributed by atoms with Crippen LogP contribution in [0.25, 0.3) is 11.1 Å². The van der Waals surface area contributed by atoms with Crippen molar-refractivity contribution in [2.45, 2.75) is 36.5 Å². The van der Waals surface area contributed by atoms with E-state index in [9.17, 15) is 18.3 Å². The third-order valence-electron chi connectivity index (χ3n) is 4.88. The van der Waals surface area contributed by atoms with E-state index in [1.54, 1.807) is 38.1 Å². The molecular formula is C20H23NO4S2. The van der Waals surface area contributed by atoms with Crippen molar-refractivity contribution >= 4 is 27.8 Å². The second kappa shape index (κ2) is 7.30. The van der Waals surface area contributed by atoms with Gasteiger partial charge < -0.3 is 5.11 Å². The molecule has 0 aromatic heterocycles. The van der Waals surface area contributed by atoms with Crippen molar-refractivity contribution in [1.82, 2.24) is 4.31 Å². The number of carbonyl (C=O) groups is 1. The number of aryl methyl sites for hydroxylation is 1. The quantitative estimate of drug-likeness (QED) is 0.841. The van der Waals surface area contributed by atoms with E-state index >= 15 is 0 Å². The Hall–Kier alpha value is -1.83. The second-order valence-corrected chi connectivity index (χ2v) is 10.8. The minimum Gasteiger partial charge on any atom is -0.480 e. The second-order valence-electron chi connectivity index (χ2n) is 7.15. The topological polar surface area (TPSA) is 74.7 Å². The minimum atomic E-state index is -3.90. The lowest BCUT2D eigenvalue weighted by molar-refractivity contribution is -0.142. The number of aliphatic carboxylic acids is 1. The van der Waals surface area contributed by atoms with E-state index in [1.165, 1.54) is 11.8 Å². The van der Waals surface area contributed by atoms with Gasteiger partial charge in [0.15, 0.2) is 0 Å². The molecule has 0 spiro atoms. The number of benzene rings is 2. The lowest BCUT2D eigenvalue weighted by Gasteiger charge is -2.42. The van der Waals surface area contributed by atoms with Crippen LogP contribution in [0.15, 0.2) is 53.4 Å². The van der Waals surface area contributed by atoms with Crippen molar-refractivity contribution in [2.24, 2.45) is 0 Å². The molecule has 5 nitrogen and oxygen atoms in total. The third-order valence-corrected chi connectivity index (χ3v) is 8.12. The first-order valence-electron chi connectivity index (χ1n) is 8.69. The Balaban J connectivity index is 1.97. The van der Waals surface area contributed by atoms with Gasteiger partial charge in [0.25, 0.3) is 0 Å². The van der Waals surface area contributed by atoms with Gasteiger partial charge in [0.2, 0.25) is 10.0 Å². The zero-order valence-electron chi connectivity index (χ0n) is 15.5. The summed E-state index contributed by atoms with van der Waals surface area (Å²) in [6.45, 7) is 5.75. The molecule has 1 fully saturated rings. The molecule has 1 aliphatic rings. The number of hydrogen-bond donors (Lipinski definition) is 1. The van der Waals surface area contributed by atoms with E-state index in [4.69, 9.17) is 0 Å². The summed E-state index contributed by atoms with van der Waals surface area (Å²) in [5.41, 5.74) is 3.07. The summed E-state index contributed by atoms with van der Waals surface area (Å²) in [6.07, 6.45) is 0. The van der Waals surface area contributed by atoms with Crippen molar-refractivity contribution in [3.8, 4) is 11.1 Å². The highest BCUT2D eigenvalue weighted by Gasteiger charge is 2.48. The van der Waals surface area contributed by atoms with Crippen LogP contribution in [-0.2, 0) is 14.8 Å². The summed E-state index contributed by atoms with van der Waals surface area (Å²) in [7, 11) is -3.90. The average Bonchev–Trinajstić information content (AvgIpc) is 2.61. The number of hydrogen-bond acceptors (Lipinski definition) is 4. The van der Waals surface area contributed by atoms with Gasteiger partial charge in [0.05, 0.1) is 4.90 Å². The fraction of sp³-hybridized carbons (Fsp3) is 0.350. The maximum absolute atomic E-state index is 13.2. The van der Waals surface area contributed by atoms with Crippen LogP contribution in [0.4, 0.5) is 0 Å². The van der Waals surface area contributed by atoms with Gasteiger partial charge in [-0.15, -0.1) is 0 Å². The minimum absolute atomic E-state index is 0.119. The first-order chi connectivity index (χ1) is 12.6. The summed E-state index contributed by atoms with van der Waals surface area (Å²) in [5, 5.41) is 9.66. The highest BCUT2D eigenvalue weighted by Crippen LogP contribution is 2.38. The Morgan fingerprint density at radius 2 is 1.78 bits per heavy atom. The molecule has 2 aromatic carbocycles. The first kappa shape index (κ1) is 19.9. The van der Waals surface area contributed by atoms with Crippen molar-refractivity contribution < 1.29 is 18.3 Å². The zero-order chi connectivity index (χ0) is 19.8. The molecule has 144 valence electrons. The SMILES string of the molecule is Cc1ccccc1-c1ccc(S(=O)(=O)N2CCSC(C)(C)C2C(=O)O)cc1. The van der Waals surface area contributed by atoms with Crippen molar-refractivity contribution in [2.75, 3.05) is 12.3 Å². The first-order valence-corrected chi connectivity index (χ1v) is 11.1. The van der Waals surface area contributed by atoms with Crippen LogP contribution in [-0.4, -0.2) is 46.9 Å². The molecule has 1 atom stereocenters. The highest BCUT2D eigenvalue weighted by molar-refractivity contribution is 8.00. The standard InChI is InChI=1S/C20H23NO4S2/c1-14-6-4-5-7-17(14)15-8-10-16(11-9-15)27(24,25)21-12-13-26-20(2,3)18(21)19(22)23/h4-11,18H,12-13H2,1-3H3,(H,22,23). The number of nitrogens with zero attached hydrogens (tertiary/aromatic N) is 1. The molecule has 0 aliphatic carbocycles. The molecule has 1 saturated heterocycles. The van der Waals surface area contributed by atoms with Crippen molar-refractivity contribution in [1.29, 1.82) is 0 Å². The number of thioether (sulfide) groups is 1. The Bertz CT molecular complexity index is 952. The van der Waals surface area contributed by atoms with Gasteiger partial charge in [0.1, 0.15) is 6.04 Å². The van der Waals surface area contributed by atoms with Crippen LogP contribution in [0.3, 0.4) is 0 Å². The molecule has 1 N–H and O–H groups in total. The molecule has 0 radical (unpaired) electrons. The summed E-state index contributed by atoms with van der Waals surface area (Å²) < 4.78 is 26.8. The normalized spacial score (nSPS) is 20.3. The maximum Gasteiger partial charge on any atom is 0.323 e. The van der Waals surface area contributed by atoms with Gasteiger partial charge in [-0.25, -0.2) is 8.42 Å². The summed E-state index contributed by atoms with van der Waals surface area (Å²) in [6, 6.07) is 13.5. The van der Waals surface area contributed by atoms with Gasteiger partial charge in [-0.1, -0.05) is 36.4 Å². The van der Waals surface area contributed by atoms with Gasteiger partial charge in [-0.2, -0.15) is 16.1 Å². The Morgan fingerprint density at radius 1 is 1.15 bits per heavy atom. The van der Waals surface area contributed by atoms with Crippen LogP contribution in [0.2, 0.25) is 0 Å². The van der Waals surface area contributed by atoms with Crippen molar-refractivity contribution in [3.63, 3.8) is 0 Å². The fourth-order valence-corrected chi connectivity index (χ4v) is 6.57. The summed E-state index contributed by atoms with van der Waals surface area (Å²) >= 11 is 1.49. The number of carboxylic acid groups (broad SMARTS) is 1. The average molecular weight is 406 g/mol. The van der Waals surface area contributed by atoms with E-state index in [0.717, 1.165) is 21.0 Å². The molecule has 27 heavy (non-hydrogen) atoms. The zero-order valence-corrected chi connectivity index (χ0v) is 17.2. The monoisotopic (exact) mass is 405 g/mol. The molecule has 1 heterocycles. The third kappa shape index (κ3) is 3.77. The highest BCUT2D eigenvalue weighted by atomic mass is 32.2. The van der Waals surface area contributed by atoms with Crippen LogP contribution >= 0.6 is 11.8 Å². The largest absolute Gasteiger partial charge is 0.480 e. The number of rotatable bonds is 4. The predicted octanol–water partition coefficient (Wildman–Crippen LogP) is 3.63. The molecule has 1 aliphatic heterocycles. The molecule has 3 rings (SSSR count). The molecule has 0 amide bonds. The molecule has 0 bridgehead atoms. The molecule has 0 saturated carbocycles. The maximum atomic E-state index is 13.2. The predicted molar refractivity (Wildman–Crippen MR) is 108 cm³/mol. The summed E-state index contributed by atoms with van der Waals surface area (Å²) in [4.78, 5) is 11.9. The Morgan fingerprint density at radius 3 is 2.37 bits per heavy atom. The fourth-order valence-electron chi connectivity index (χ4n) is 3.47. The molecule has 2 aromatic rings. The van der Waals surface area contributed by atoms with E-state index in [1.807, 2.05) is 31.2 Å². The van der Waals surface area contributed by atoms with Crippen LogP contribution in [0.1, 0.15) is 19.4 Å². The van der Waals surface area contributed by atoms with Crippen molar-refractivity contribution in [3.05, 3.63) is 54.1 Å². The van der Waals surface area contributed by atoms with Crippen LogP contribution < -0.4 is 0 Å². The van der Waals surface area contributed by atoms with Gasteiger partial charge in [-0.05, 0) is 49.6 Å².